The summed E-state index contributed by atoms with van der Waals surface area (Å²) in [5.41, 5.74) is 3.79. The lowest BCUT2D eigenvalue weighted by Gasteiger charge is -2.36. The van der Waals surface area contributed by atoms with Crippen molar-refractivity contribution in [2.24, 2.45) is 0 Å². The van der Waals surface area contributed by atoms with Crippen LogP contribution >= 0.6 is 0 Å². The first-order valence-corrected chi connectivity index (χ1v) is 10.8. The molecule has 2 aromatic carbocycles. The number of carbonyl (C=O) groups excluding carboxylic acids is 1. The number of benzene rings is 2. The van der Waals surface area contributed by atoms with Gasteiger partial charge in [0.15, 0.2) is 0 Å². The SMILES string of the molecule is O=C(CN1CCN(Cc2ccccc2)CC1)N1CCCc2ccccc21.O=C(O)C(=O)O.[Cl-]. The van der Waals surface area contributed by atoms with E-state index in [1.54, 1.807) is 0 Å². The summed E-state index contributed by atoms with van der Waals surface area (Å²) in [5, 5.41) is 14.8. The van der Waals surface area contributed by atoms with Crippen molar-refractivity contribution in [2.45, 2.75) is 19.4 Å². The zero-order valence-electron chi connectivity index (χ0n) is 18.4. The van der Waals surface area contributed by atoms with Crippen LogP contribution in [0.2, 0.25) is 0 Å². The molecule has 0 saturated carbocycles. The van der Waals surface area contributed by atoms with Crippen molar-refractivity contribution in [3.8, 4) is 0 Å². The van der Waals surface area contributed by atoms with Gasteiger partial charge in [0.25, 0.3) is 0 Å². The Hall–Kier alpha value is -2.94. The molecule has 2 heterocycles. The molecule has 178 valence electrons. The van der Waals surface area contributed by atoms with Crippen LogP contribution in [0, 0.1) is 0 Å². The van der Waals surface area contributed by atoms with Crippen LogP contribution in [0.5, 0.6) is 0 Å². The summed E-state index contributed by atoms with van der Waals surface area (Å²) in [6.07, 6.45) is 2.14. The number of halogens is 1. The molecular weight excluding hydrogens is 446 g/mol. The van der Waals surface area contributed by atoms with E-state index in [9.17, 15) is 4.79 Å². The fraction of sp³-hybridized carbons (Fsp3) is 0.375. The normalized spacial score (nSPS) is 15.9. The van der Waals surface area contributed by atoms with E-state index in [4.69, 9.17) is 19.8 Å². The third-order valence-electron chi connectivity index (χ3n) is 5.67. The van der Waals surface area contributed by atoms with E-state index in [1.807, 2.05) is 11.0 Å². The van der Waals surface area contributed by atoms with E-state index in [2.05, 4.69) is 58.3 Å². The highest BCUT2D eigenvalue weighted by Crippen LogP contribution is 2.26. The number of carboxylic acid groups (broad SMARTS) is 2. The first-order valence-electron chi connectivity index (χ1n) is 10.8. The van der Waals surface area contributed by atoms with E-state index in [-0.39, 0.29) is 18.3 Å². The quantitative estimate of drug-likeness (QED) is 0.545. The summed E-state index contributed by atoms with van der Waals surface area (Å²) in [5.74, 6) is -3.40. The summed E-state index contributed by atoms with van der Waals surface area (Å²) < 4.78 is 0. The van der Waals surface area contributed by atoms with Crippen LogP contribution in [0.25, 0.3) is 0 Å². The lowest BCUT2D eigenvalue weighted by atomic mass is 10.0. The first kappa shape index (κ1) is 26.3. The van der Waals surface area contributed by atoms with Gasteiger partial charge in [-0.25, -0.2) is 9.59 Å². The Bertz CT molecular complexity index is 921. The number of hydrogen-bond acceptors (Lipinski definition) is 5. The van der Waals surface area contributed by atoms with Gasteiger partial charge in [0.2, 0.25) is 5.91 Å². The highest BCUT2D eigenvalue weighted by molar-refractivity contribution is 6.27. The second-order valence-electron chi connectivity index (χ2n) is 7.93. The molecule has 1 saturated heterocycles. The average Bonchev–Trinajstić information content (AvgIpc) is 2.81. The molecule has 0 unspecified atom stereocenters. The van der Waals surface area contributed by atoms with Gasteiger partial charge in [-0.05, 0) is 30.0 Å². The van der Waals surface area contributed by atoms with Crippen molar-refractivity contribution >= 4 is 23.5 Å². The van der Waals surface area contributed by atoms with Crippen molar-refractivity contribution in [1.82, 2.24) is 9.80 Å². The molecule has 2 N–H and O–H groups in total. The molecule has 0 radical (unpaired) electrons. The van der Waals surface area contributed by atoms with Gasteiger partial charge in [-0.3, -0.25) is 14.6 Å². The minimum atomic E-state index is -1.82. The largest absolute Gasteiger partial charge is 1.00 e. The highest BCUT2D eigenvalue weighted by atomic mass is 35.5. The van der Waals surface area contributed by atoms with Crippen LogP contribution in [-0.2, 0) is 27.3 Å². The molecule has 0 spiro atoms. The van der Waals surface area contributed by atoms with Gasteiger partial charge in [-0.2, -0.15) is 0 Å². The number of para-hydroxylation sites is 1. The predicted molar refractivity (Wildman–Crippen MR) is 121 cm³/mol. The molecule has 0 bridgehead atoms. The number of hydrogen-bond donors (Lipinski definition) is 2. The fourth-order valence-electron chi connectivity index (χ4n) is 4.02. The highest BCUT2D eigenvalue weighted by Gasteiger charge is 2.25. The van der Waals surface area contributed by atoms with Gasteiger partial charge >= 0.3 is 11.9 Å². The van der Waals surface area contributed by atoms with Crippen molar-refractivity contribution in [3.63, 3.8) is 0 Å². The zero-order valence-corrected chi connectivity index (χ0v) is 19.2. The fourth-order valence-corrected chi connectivity index (χ4v) is 4.02. The Morgan fingerprint density at radius 1 is 0.758 bits per heavy atom. The van der Waals surface area contributed by atoms with Crippen LogP contribution in [0.1, 0.15) is 17.5 Å². The number of rotatable bonds is 4. The maximum absolute atomic E-state index is 12.9. The smallest absolute Gasteiger partial charge is 0.414 e. The number of nitrogens with zero attached hydrogens (tertiary/aromatic N) is 3. The van der Waals surface area contributed by atoms with Gasteiger partial charge < -0.3 is 27.5 Å². The van der Waals surface area contributed by atoms with Crippen LogP contribution in [0.4, 0.5) is 5.69 Å². The number of aryl methyl sites for hydroxylation is 1. The molecular formula is C24H29ClN3O5-. The van der Waals surface area contributed by atoms with Crippen LogP contribution in [0.15, 0.2) is 54.6 Å². The van der Waals surface area contributed by atoms with E-state index in [0.717, 1.165) is 57.8 Å². The minimum absolute atomic E-state index is 0. The molecule has 2 aliphatic heterocycles. The summed E-state index contributed by atoms with van der Waals surface area (Å²) in [7, 11) is 0. The molecule has 8 nitrogen and oxygen atoms in total. The molecule has 0 atom stereocenters. The van der Waals surface area contributed by atoms with Crippen molar-refractivity contribution in [3.05, 3.63) is 65.7 Å². The van der Waals surface area contributed by atoms with E-state index >= 15 is 0 Å². The second kappa shape index (κ2) is 12.9. The number of anilines is 1. The topological polar surface area (TPSA) is 101 Å². The second-order valence-corrected chi connectivity index (χ2v) is 7.93. The number of carbonyl (C=O) groups is 3. The molecule has 9 heteroatoms. The van der Waals surface area contributed by atoms with E-state index in [0.29, 0.717) is 6.54 Å². The summed E-state index contributed by atoms with van der Waals surface area (Å²) in [6.45, 7) is 6.37. The van der Waals surface area contributed by atoms with Gasteiger partial charge in [-0.1, -0.05) is 48.5 Å². The van der Waals surface area contributed by atoms with E-state index < -0.39 is 11.9 Å². The molecule has 4 rings (SSSR count). The maximum atomic E-state index is 12.9. The molecule has 33 heavy (non-hydrogen) atoms. The Kier molecular flexibility index (Phi) is 10.3. The summed E-state index contributed by atoms with van der Waals surface area (Å²) in [6, 6.07) is 19.0. The van der Waals surface area contributed by atoms with Gasteiger partial charge in [0.1, 0.15) is 0 Å². The van der Waals surface area contributed by atoms with Crippen LogP contribution in [-0.4, -0.2) is 77.1 Å². The lowest BCUT2D eigenvalue weighted by molar-refractivity contribution is -0.159. The Balaban J connectivity index is 0.000000491. The monoisotopic (exact) mass is 474 g/mol. The lowest BCUT2D eigenvalue weighted by Crippen LogP contribution is -3.00. The number of carboxylic acids is 2. The van der Waals surface area contributed by atoms with E-state index in [1.165, 1.54) is 11.1 Å². The predicted octanol–water partition coefficient (Wildman–Crippen LogP) is -1.06. The molecule has 1 fully saturated rings. The van der Waals surface area contributed by atoms with Crippen molar-refractivity contribution in [1.29, 1.82) is 0 Å². The number of amides is 1. The number of piperazine rings is 1. The summed E-state index contributed by atoms with van der Waals surface area (Å²) >= 11 is 0. The molecule has 2 aromatic rings. The van der Waals surface area contributed by atoms with Gasteiger partial charge in [0, 0.05) is 45.0 Å². The third kappa shape index (κ3) is 7.85. The third-order valence-corrected chi connectivity index (χ3v) is 5.67. The standard InChI is InChI=1S/C22H27N3O.C2H2O4.ClH/c26-22(25-12-6-10-20-9-4-5-11-21(20)25)18-24-15-13-23(14-16-24)17-19-7-2-1-3-8-19;3-1(4)2(5)6;/h1-5,7-9,11H,6,10,12-18H2;(H,3,4)(H,5,6);1H/p-1. The van der Waals surface area contributed by atoms with Crippen molar-refractivity contribution in [2.75, 3.05) is 44.2 Å². The van der Waals surface area contributed by atoms with Crippen LogP contribution < -0.4 is 17.3 Å². The van der Waals surface area contributed by atoms with Gasteiger partial charge in [0.05, 0.1) is 6.54 Å². The zero-order chi connectivity index (χ0) is 22.9. The van der Waals surface area contributed by atoms with Gasteiger partial charge in [-0.15, -0.1) is 0 Å². The summed E-state index contributed by atoms with van der Waals surface area (Å²) in [4.78, 5) is 37.9. The molecule has 2 aliphatic rings. The average molecular weight is 475 g/mol. The Morgan fingerprint density at radius 3 is 1.97 bits per heavy atom. The Labute approximate surface area is 199 Å². The molecule has 1 amide bonds. The number of aliphatic carboxylic acids is 2. The number of fused-ring (bicyclic) bond motifs is 1. The van der Waals surface area contributed by atoms with Crippen LogP contribution in [0.3, 0.4) is 0 Å². The molecule has 0 aromatic heterocycles. The minimum Gasteiger partial charge on any atom is -1.00 e. The van der Waals surface area contributed by atoms with Crippen molar-refractivity contribution < 1.29 is 37.0 Å². The first-order chi connectivity index (χ1) is 15.4. The molecule has 0 aliphatic carbocycles. The Morgan fingerprint density at radius 2 is 1.33 bits per heavy atom. The maximum Gasteiger partial charge on any atom is 0.414 e.